The van der Waals surface area contributed by atoms with Crippen molar-refractivity contribution in [2.24, 2.45) is 0 Å². The zero-order valence-corrected chi connectivity index (χ0v) is 14.9. The zero-order valence-electron chi connectivity index (χ0n) is 14.9. The fourth-order valence-corrected chi connectivity index (χ4v) is 2.67. The predicted molar refractivity (Wildman–Crippen MR) is 102 cm³/mol. The van der Waals surface area contributed by atoms with Crippen LogP contribution in [0.5, 0.6) is 0 Å². The molecular weight excluding hydrogens is 328 g/mol. The average Bonchev–Trinajstić information content (AvgIpc) is 2.62. The van der Waals surface area contributed by atoms with Crippen molar-refractivity contribution in [1.29, 1.82) is 0 Å². The largest absolute Gasteiger partial charge is 0.311 e. The standard InChI is InChI=1S/C20H20N4O2/c1-13(2)24-19(26)12-10-17(23-24)16-9-11-18(21-14(3)25)22-20(16)15-7-5-4-6-8-15/h4-13H,1-3H3,(H,21,22,25). The Bertz CT molecular complexity index is 994. The Labute approximate surface area is 151 Å². The summed E-state index contributed by atoms with van der Waals surface area (Å²) in [5.74, 6) is 0.285. The van der Waals surface area contributed by atoms with Crippen LogP contribution in [0.1, 0.15) is 26.8 Å². The van der Waals surface area contributed by atoms with Crippen molar-refractivity contribution in [2.75, 3.05) is 5.32 Å². The second-order valence-electron chi connectivity index (χ2n) is 6.23. The van der Waals surface area contributed by atoms with Crippen LogP contribution in [0.2, 0.25) is 0 Å². The maximum Gasteiger partial charge on any atom is 0.267 e. The van der Waals surface area contributed by atoms with Crippen LogP contribution in [0.25, 0.3) is 22.5 Å². The number of carbonyl (C=O) groups is 1. The van der Waals surface area contributed by atoms with Crippen LogP contribution < -0.4 is 10.9 Å². The van der Waals surface area contributed by atoms with Crippen molar-refractivity contribution < 1.29 is 4.79 Å². The summed E-state index contributed by atoms with van der Waals surface area (Å²) in [5.41, 5.74) is 2.89. The topological polar surface area (TPSA) is 76.9 Å². The Morgan fingerprint density at radius 2 is 1.77 bits per heavy atom. The summed E-state index contributed by atoms with van der Waals surface area (Å²) in [6.45, 7) is 5.26. The lowest BCUT2D eigenvalue weighted by molar-refractivity contribution is -0.114. The molecule has 3 rings (SSSR count). The Morgan fingerprint density at radius 3 is 2.42 bits per heavy atom. The first-order valence-electron chi connectivity index (χ1n) is 8.40. The summed E-state index contributed by atoms with van der Waals surface area (Å²) in [6.07, 6.45) is 0. The van der Waals surface area contributed by atoms with E-state index < -0.39 is 0 Å². The van der Waals surface area contributed by atoms with Crippen molar-refractivity contribution in [3.05, 3.63) is 65.0 Å². The second kappa shape index (κ2) is 7.31. The molecule has 6 nitrogen and oxygen atoms in total. The van der Waals surface area contributed by atoms with Gasteiger partial charge in [0.2, 0.25) is 5.91 Å². The van der Waals surface area contributed by atoms with Gasteiger partial charge in [-0.25, -0.2) is 9.67 Å². The van der Waals surface area contributed by atoms with E-state index >= 15 is 0 Å². The predicted octanol–water partition coefficient (Wildman–Crippen LogP) is 3.51. The first kappa shape index (κ1) is 17.5. The minimum absolute atomic E-state index is 0.0470. The summed E-state index contributed by atoms with van der Waals surface area (Å²) < 4.78 is 1.45. The Hall–Kier alpha value is -3.28. The molecule has 0 spiro atoms. The van der Waals surface area contributed by atoms with Crippen LogP contribution in [0.4, 0.5) is 5.82 Å². The summed E-state index contributed by atoms with van der Waals surface area (Å²) >= 11 is 0. The van der Waals surface area contributed by atoms with Gasteiger partial charge >= 0.3 is 0 Å². The number of carbonyl (C=O) groups excluding carboxylic acids is 1. The summed E-state index contributed by atoms with van der Waals surface area (Å²) in [4.78, 5) is 28.0. The monoisotopic (exact) mass is 348 g/mol. The smallest absolute Gasteiger partial charge is 0.267 e. The normalized spacial score (nSPS) is 10.8. The van der Waals surface area contributed by atoms with Gasteiger partial charge in [-0.1, -0.05) is 30.3 Å². The molecule has 0 saturated heterocycles. The van der Waals surface area contributed by atoms with Gasteiger partial charge in [0.05, 0.1) is 17.4 Å². The summed E-state index contributed by atoms with van der Waals surface area (Å²) in [6, 6.07) is 16.4. The fraction of sp³-hybridized carbons (Fsp3) is 0.200. The van der Waals surface area contributed by atoms with E-state index in [9.17, 15) is 9.59 Å². The van der Waals surface area contributed by atoms with E-state index in [2.05, 4.69) is 15.4 Å². The number of aromatic nitrogens is 3. The van der Waals surface area contributed by atoms with Crippen molar-refractivity contribution in [2.45, 2.75) is 26.8 Å². The Kier molecular flexibility index (Phi) is 4.93. The van der Waals surface area contributed by atoms with Crippen molar-refractivity contribution in [1.82, 2.24) is 14.8 Å². The Morgan fingerprint density at radius 1 is 1.04 bits per heavy atom. The van der Waals surface area contributed by atoms with E-state index in [4.69, 9.17) is 0 Å². The van der Waals surface area contributed by atoms with Gasteiger partial charge in [-0.05, 0) is 32.0 Å². The van der Waals surface area contributed by atoms with Gasteiger partial charge in [-0.3, -0.25) is 9.59 Å². The first-order chi connectivity index (χ1) is 12.5. The minimum Gasteiger partial charge on any atom is -0.311 e. The van der Waals surface area contributed by atoms with Crippen LogP contribution in [0, 0.1) is 0 Å². The number of hydrogen-bond acceptors (Lipinski definition) is 4. The van der Waals surface area contributed by atoms with Crippen LogP contribution in [0.15, 0.2) is 59.4 Å². The molecule has 3 aromatic rings. The quantitative estimate of drug-likeness (QED) is 0.783. The highest BCUT2D eigenvalue weighted by Crippen LogP contribution is 2.30. The molecule has 6 heteroatoms. The number of hydrogen-bond donors (Lipinski definition) is 1. The molecule has 0 radical (unpaired) electrons. The molecule has 2 aromatic heterocycles. The number of nitrogens with one attached hydrogen (secondary N) is 1. The molecule has 0 fully saturated rings. The third-order valence-electron chi connectivity index (χ3n) is 3.84. The molecule has 0 bridgehead atoms. The molecule has 0 aliphatic carbocycles. The van der Waals surface area contributed by atoms with Gasteiger partial charge in [0.15, 0.2) is 0 Å². The van der Waals surface area contributed by atoms with E-state index in [-0.39, 0.29) is 17.5 Å². The van der Waals surface area contributed by atoms with E-state index in [1.54, 1.807) is 12.1 Å². The highest BCUT2D eigenvalue weighted by molar-refractivity contribution is 5.89. The maximum atomic E-state index is 12.0. The molecule has 0 atom stereocenters. The molecule has 0 saturated carbocycles. The van der Waals surface area contributed by atoms with Crippen LogP contribution >= 0.6 is 0 Å². The number of benzene rings is 1. The highest BCUT2D eigenvalue weighted by atomic mass is 16.1. The summed E-state index contributed by atoms with van der Waals surface area (Å²) in [7, 11) is 0. The zero-order chi connectivity index (χ0) is 18.7. The number of anilines is 1. The number of nitrogens with zero attached hydrogens (tertiary/aromatic N) is 3. The van der Waals surface area contributed by atoms with Gasteiger partial charge in [0.1, 0.15) is 5.82 Å². The SMILES string of the molecule is CC(=O)Nc1ccc(-c2ccc(=O)n(C(C)C)n2)c(-c2ccccc2)n1. The lowest BCUT2D eigenvalue weighted by Gasteiger charge is -2.14. The number of rotatable bonds is 4. The van der Waals surface area contributed by atoms with Crippen molar-refractivity contribution >= 4 is 11.7 Å². The minimum atomic E-state index is -0.184. The average molecular weight is 348 g/mol. The van der Waals surface area contributed by atoms with Gasteiger partial charge in [-0.15, -0.1) is 0 Å². The van der Waals surface area contributed by atoms with E-state index in [1.807, 2.05) is 50.2 Å². The van der Waals surface area contributed by atoms with Gasteiger partial charge < -0.3 is 5.32 Å². The first-order valence-corrected chi connectivity index (χ1v) is 8.40. The van der Waals surface area contributed by atoms with Gasteiger partial charge in [0, 0.05) is 24.1 Å². The molecule has 2 heterocycles. The number of pyridine rings is 1. The van der Waals surface area contributed by atoms with Gasteiger partial charge in [-0.2, -0.15) is 5.10 Å². The molecule has 26 heavy (non-hydrogen) atoms. The van der Waals surface area contributed by atoms with Crippen LogP contribution in [-0.4, -0.2) is 20.7 Å². The molecule has 1 N–H and O–H groups in total. The molecule has 0 unspecified atom stereocenters. The van der Waals surface area contributed by atoms with Crippen molar-refractivity contribution in [3.8, 4) is 22.5 Å². The fourth-order valence-electron chi connectivity index (χ4n) is 2.67. The molecule has 0 aliphatic heterocycles. The maximum absolute atomic E-state index is 12.0. The van der Waals surface area contributed by atoms with E-state index in [0.717, 1.165) is 11.1 Å². The molecular formula is C20H20N4O2. The van der Waals surface area contributed by atoms with Crippen LogP contribution in [-0.2, 0) is 4.79 Å². The Balaban J connectivity index is 2.19. The van der Waals surface area contributed by atoms with Gasteiger partial charge in [0.25, 0.3) is 5.56 Å². The molecule has 0 aliphatic rings. The van der Waals surface area contributed by atoms with Crippen molar-refractivity contribution in [3.63, 3.8) is 0 Å². The molecule has 1 amide bonds. The highest BCUT2D eigenvalue weighted by Gasteiger charge is 2.14. The number of amides is 1. The van der Waals surface area contributed by atoms with E-state index in [1.165, 1.54) is 17.7 Å². The third-order valence-corrected chi connectivity index (χ3v) is 3.84. The second-order valence-corrected chi connectivity index (χ2v) is 6.23. The van der Waals surface area contributed by atoms with E-state index in [0.29, 0.717) is 17.2 Å². The molecule has 1 aromatic carbocycles. The lowest BCUT2D eigenvalue weighted by atomic mass is 10.0. The van der Waals surface area contributed by atoms with Crippen LogP contribution in [0.3, 0.4) is 0 Å². The molecule has 132 valence electrons. The lowest BCUT2D eigenvalue weighted by Crippen LogP contribution is -2.24. The third kappa shape index (κ3) is 3.69. The summed E-state index contributed by atoms with van der Waals surface area (Å²) in [5, 5.41) is 7.20.